The fourth-order valence-electron chi connectivity index (χ4n) is 1.91. The Hall–Kier alpha value is -2.07. The highest BCUT2D eigenvalue weighted by Gasteiger charge is 2.14. The van der Waals surface area contributed by atoms with Crippen LogP contribution in [0.3, 0.4) is 0 Å². The number of rotatable bonds is 2. The third kappa shape index (κ3) is 1.80. The second-order valence-electron chi connectivity index (χ2n) is 3.98. The summed E-state index contributed by atoms with van der Waals surface area (Å²) in [7, 11) is 0. The van der Waals surface area contributed by atoms with Crippen molar-refractivity contribution in [3.05, 3.63) is 58.3 Å². The predicted molar refractivity (Wildman–Crippen MR) is 72.0 cm³/mol. The highest BCUT2D eigenvalue weighted by molar-refractivity contribution is 7.13. The SMILES string of the molecule is Cc1ncc(C(=O)c2cccc3ccncc23)s1. The molecular formula is C14H10N2OS. The number of hydrogen-bond donors (Lipinski definition) is 0. The molecule has 2 heterocycles. The molecule has 18 heavy (non-hydrogen) atoms. The van der Waals surface area contributed by atoms with E-state index in [0.29, 0.717) is 10.4 Å². The van der Waals surface area contributed by atoms with Crippen molar-refractivity contribution in [2.24, 2.45) is 0 Å². The summed E-state index contributed by atoms with van der Waals surface area (Å²) in [6, 6.07) is 7.61. The fourth-order valence-corrected chi connectivity index (χ4v) is 2.64. The van der Waals surface area contributed by atoms with E-state index in [1.54, 1.807) is 18.6 Å². The van der Waals surface area contributed by atoms with Gasteiger partial charge in [0.15, 0.2) is 0 Å². The first kappa shape index (κ1) is 11.0. The highest BCUT2D eigenvalue weighted by atomic mass is 32.1. The Bertz CT molecular complexity index is 728. The number of carbonyl (C=O) groups excluding carboxylic acids is 1. The lowest BCUT2D eigenvalue weighted by atomic mass is 10.0. The van der Waals surface area contributed by atoms with Gasteiger partial charge in [-0.15, -0.1) is 11.3 Å². The number of benzene rings is 1. The minimum Gasteiger partial charge on any atom is -0.288 e. The van der Waals surface area contributed by atoms with Crippen molar-refractivity contribution in [2.75, 3.05) is 0 Å². The van der Waals surface area contributed by atoms with E-state index in [9.17, 15) is 4.79 Å². The third-order valence-corrected chi connectivity index (χ3v) is 3.68. The van der Waals surface area contributed by atoms with Gasteiger partial charge in [-0.1, -0.05) is 18.2 Å². The molecule has 2 aromatic heterocycles. The molecule has 3 aromatic rings. The quantitative estimate of drug-likeness (QED) is 0.659. The lowest BCUT2D eigenvalue weighted by molar-refractivity contribution is 0.104. The van der Waals surface area contributed by atoms with E-state index >= 15 is 0 Å². The summed E-state index contributed by atoms with van der Waals surface area (Å²) in [6.07, 6.45) is 5.10. The summed E-state index contributed by atoms with van der Waals surface area (Å²) in [4.78, 5) is 21.3. The predicted octanol–water partition coefficient (Wildman–Crippen LogP) is 3.23. The summed E-state index contributed by atoms with van der Waals surface area (Å²) in [5.74, 6) is 0.0131. The minimum absolute atomic E-state index is 0.0131. The van der Waals surface area contributed by atoms with Crippen LogP contribution in [0.4, 0.5) is 0 Å². The topological polar surface area (TPSA) is 42.9 Å². The molecule has 0 saturated carbocycles. The molecule has 0 aliphatic rings. The van der Waals surface area contributed by atoms with Gasteiger partial charge in [0, 0.05) is 29.5 Å². The Morgan fingerprint density at radius 1 is 1.22 bits per heavy atom. The summed E-state index contributed by atoms with van der Waals surface area (Å²) in [5, 5.41) is 2.81. The number of hydrogen-bond acceptors (Lipinski definition) is 4. The molecular weight excluding hydrogens is 244 g/mol. The van der Waals surface area contributed by atoms with Crippen LogP contribution in [0, 0.1) is 6.92 Å². The molecule has 0 radical (unpaired) electrons. The van der Waals surface area contributed by atoms with Crippen LogP contribution in [0.25, 0.3) is 10.8 Å². The first-order chi connectivity index (χ1) is 8.75. The Balaban J connectivity index is 2.17. The van der Waals surface area contributed by atoms with Gasteiger partial charge < -0.3 is 0 Å². The van der Waals surface area contributed by atoms with Crippen molar-refractivity contribution in [1.82, 2.24) is 9.97 Å². The molecule has 3 rings (SSSR count). The van der Waals surface area contributed by atoms with Gasteiger partial charge in [-0.25, -0.2) is 4.98 Å². The first-order valence-electron chi connectivity index (χ1n) is 5.55. The molecule has 3 nitrogen and oxygen atoms in total. The molecule has 0 N–H and O–H groups in total. The third-order valence-electron chi connectivity index (χ3n) is 2.77. The number of aromatic nitrogens is 2. The zero-order valence-electron chi connectivity index (χ0n) is 9.75. The molecule has 0 fully saturated rings. The van der Waals surface area contributed by atoms with Crippen molar-refractivity contribution in [3.8, 4) is 0 Å². The first-order valence-corrected chi connectivity index (χ1v) is 6.37. The monoisotopic (exact) mass is 254 g/mol. The summed E-state index contributed by atoms with van der Waals surface area (Å²) in [5.41, 5.74) is 0.684. The Morgan fingerprint density at radius 2 is 2.11 bits per heavy atom. The van der Waals surface area contributed by atoms with Gasteiger partial charge in [-0.2, -0.15) is 0 Å². The number of carbonyl (C=O) groups is 1. The van der Waals surface area contributed by atoms with Crippen molar-refractivity contribution in [3.63, 3.8) is 0 Å². The van der Waals surface area contributed by atoms with E-state index in [-0.39, 0.29) is 5.78 Å². The van der Waals surface area contributed by atoms with E-state index in [1.807, 2.05) is 31.2 Å². The van der Waals surface area contributed by atoms with Gasteiger partial charge in [-0.05, 0) is 18.4 Å². The van der Waals surface area contributed by atoms with Gasteiger partial charge in [0.2, 0.25) is 5.78 Å². The molecule has 0 unspecified atom stereocenters. The zero-order valence-corrected chi connectivity index (χ0v) is 10.6. The van der Waals surface area contributed by atoms with E-state index in [0.717, 1.165) is 15.8 Å². The maximum atomic E-state index is 12.4. The minimum atomic E-state index is 0.0131. The van der Waals surface area contributed by atoms with E-state index < -0.39 is 0 Å². The normalized spacial score (nSPS) is 10.7. The van der Waals surface area contributed by atoms with Crippen LogP contribution in [0.2, 0.25) is 0 Å². The molecule has 0 spiro atoms. The van der Waals surface area contributed by atoms with Gasteiger partial charge >= 0.3 is 0 Å². The molecule has 0 bridgehead atoms. The summed E-state index contributed by atoms with van der Waals surface area (Å²) < 4.78 is 0. The molecule has 0 aliphatic carbocycles. The van der Waals surface area contributed by atoms with E-state index in [2.05, 4.69) is 9.97 Å². The average molecular weight is 254 g/mol. The van der Waals surface area contributed by atoms with Crippen LogP contribution in [0.15, 0.2) is 42.9 Å². The number of pyridine rings is 1. The van der Waals surface area contributed by atoms with Crippen LogP contribution in [0.1, 0.15) is 20.2 Å². The second-order valence-corrected chi connectivity index (χ2v) is 5.21. The van der Waals surface area contributed by atoms with Crippen molar-refractivity contribution in [2.45, 2.75) is 6.92 Å². The maximum Gasteiger partial charge on any atom is 0.205 e. The van der Waals surface area contributed by atoms with Crippen LogP contribution in [-0.2, 0) is 0 Å². The average Bonchev–Trinajstić information content (AvgIpc) is 2.84. The molecule has 0 atom stereocenters. The molecule has 0 aliphatic heterocycles. The van der Waals surface area contributed by atoms with Crippen molar-refractivity contribution in [1.29, 1.82) is 0 Å². The Kier molecular flexibility index (Phi) is 2.64. The molecule has 0 amide bonds. The zero-order chi connectivity index (χ0) is 12.5. The second kappa shape index (κ2) is 4.31. The molecule has 88 valence electrons. The van der Waals surface area contributed by atoms with Gasteiger partial charge in [0.25, 0.3) is 0 Å². The van der Waals surface area contributed by atoms with E-state index in [4.69, 9.17) is 0 Å². The molecule has 1 aromatic carbocycles. The van der Waals surface area contributed by atoms with Crippen LogP contribution < -0.4 is 0 Å². The van der Waals surface area contributed by atoms with Crippen molar-refractivity contribution >= 4 is 27.9 Å². The highest BCUT2D eigenvalue weighted by Crippen LogP contribution is 2.22. The summed E-state index contributed by atoms with van der Waals surface area (Å²) in [6.45, 7) is 1.89. The number of ketones is 1. The Labute approximate surface area is 108 Å². The number of aryl methyl sites for hydroxylation is 1. The number of nitrogens with zero attached hydrogens (tertiary/aromatic N) is 2. The van der Waals surface area contributed by atoms with E-state index in [1.165, 1.54) is 11.3 Å². The lowest BCUT2D eigenvalue weighted by Crippen LogP contribution is -1.99. The fraction of sp³-hybridized carbons (Fsp3) is 0.0714. The van der Waals surface area contributed by atoms with Gasteiger partial charge in [0.05, 0.1) is 9.88 Å². The summed E-state index contributed by atoms with van der Waals surface area (Å²) >= 11 is 1.42. The van der Waals surface area contributed by atoms with Crippen molar-refractivity contribution < 1.29 is 4.79 Å². The standard InChI is InChI=1S/C14H10N2OS/c1-9-16-8-13(18-9)14(17)11-4-2-3-10-5-6-15-7-12(10)11/h2-8H,1H3. The van der Waals surface area contributed by atoms with Crippen LogP contribution >= 0.6 is 11.3 Å². The molecule has 4 heteroatoms. The largest absolute Gasteiger partial charge is 0.288 e. The molecule has 0 saturated heterocycles. The Morgan fingerprint density at radius 3 is 2.89 bits per heavy atom. The maximum absolute atomic E-state index is 12.4. The number of thiazole rings is 1. The van der Waals surface area contributed by atoms with Gasteiger partial charge in [-0.3, -0.25) is 9.78 Å². The van der Waals surface area contributed by atoms with Crippen LogP contribution in [0.5, 0.6) is 0 Å². The van der Waals surface area contributed by atoms with Gasteiger partial charge in [0.1, 0.15) is 0 Å². The van der Waals surface area contributed by atoms with Crippen LogP contribution in [-0.4, -0.2) is 15.8 Å². The smallest absolute Gasteiger partial charge is 0.205 e. The lowest BCUT2D eigenvalue weighted by Gasteiger charge is -2.03. The number of fused-ring (bicyclic) bond motifs is 1.